The standard InChI is InChI=1S/C12H13N3O3/c1-17-12(16)10-6-8(13)2-3-11(10)14-7-9-4-5-18-15-9/h2-6,14H,7,13H2,1H3. The Labute approximate surface area is 104 Å². The van der Waals surface area contributed by atoms with Crippen LogP contribution in [0, 0.1) is 0 Å². The summed E-state index contributed by atoms with van der Waals surface area (Å²) in [6.45, 7) is 0.449. The van der Waals surface area contributed by atoms with E-state index in [0.29, 0.717) is 23.5 Å². The highest BCUT2D eigenvalue weighted by atomic mass is 16.5. The van der Waals surface area contributed by atoms with Crippen molar-refractivity contribution in [3.05, 3.63) is 41.8 Å². The summed E-state index contributed by atoms with van der Waals surface area (Å²) >= 11 is 0. The van der Waals surface area contributed by atoms with E-state index in [4.69, 9.17) is 15.0 Å². The third kappa shape index (κ3) is 2.60. The number of rotatable bonds is 4. The zero-order valence-electron chi connectivity index (χ0n) is 9.84. The molecule has 94 valence electrons. The predicted octanol–water partition coefficient (Wildman–Crippen LogP) is 1.66. The minimum absolute atomic E-state index is 0.390. The smallest absolute Gasteiger partial charge is 0.340 e. The molecule has 1 aromatic heterocycles. The number of nitrogen functional groups attached to an aromatic ring is 1. The second kappa shape index (κ2) is 5.22. The third-order valence-electron chi connectivity index (χ3n) is 2.40. The lowest BCUT2D eigenvalue weighted by atomic mass is 10.1. The van der Waals surface area contributed by atoms with Gasteiger partial charge >= 0.3 is 5.97 Å². The number of benzene rings is 1. The molecule has 2 rings (SSSR count). The Bertz CT molecular complexity index is 538. The molecule has 0 bridgehead atoms. The largest absolute Gasteiger partial charge is 0.465 e. The van der Waals surface area contributed by atoms with Crippen molar-refractivity contribution in [1.29, 1.82) is 0 Å². The van der Waals surface area contributed by atoms with Crippen LogP contribution >= 0.6 is 0 Å². The topological polar surface area (TPSA) is 90.4 Å². The molecule has 0 saturated carbocycles. The van der Waals surface area contributed by atoms with Gasteiger partial charge in [0.1, 0.15) is 12.0 Å². The molecule has 0 unspecified atom stereocenters. The van der Waals surface area contributed by atoms with Crippen molar-refractivity contribution in [1.82, 2.24) is 5.16 Å². The molecule has 1 aromatic carbocycles. The molecule has 0 radical (unpaired) electrons. The zero-order valence-corrected chi connectivity index (χ0v) is 9.84. The lowest BCUT2D eigenvalue weighted by Crippen LogP contribution is -2.09. The maximum absolute atomic E-state index is 11.6. The van der Waals surface area contributed by atoms with Gasteiger partial charge in [-0.15, -0.1) is 0 Å². The van der Waals surface area contributed by atoms with Crippen LogP contribution in [0.25, 0.3) is 0 Å². The molecule has 0 saturated heterocycles. The molecule has 0 spiro atoms. The molecule has 18 heavy (non-hydrogen) atoms. The van der Waals surface area contributed by atoms with Crippen LogP contribution in [0.1, 0.15) is 16.1 Å². The Kier molecular flexibility index (Phi) is 3.47. The van der Waals surface area contributed by atoms with Crippen molar-refractivity contribution < 1.29 is 14.1 Å². The normalized spacial score (nSPS) is 10.1. The second-order valence-corrected chi connectivity index (χ2v) is 3.64. The quantitative estimate of drug-likeness (QED) is 0.630. The lowest BCUT2D eigenvalue weighted by Gasteiger charge is -2.10. The Morgan fingerprint density at radius 3 is 3.00 bits per heavy atom. The number of nitrogens with one attached hydrogen (secondary N) is 1. The van der Waals surface area contributed by atoms with Crippen LogP contribution in [0.3, 0.4) is 0 Å². The number of ether oxygens (including phenoxy) is 1. The van der Waals surface area contributed by atoms with Crippen LogP contribution in [0.5, 0.6) is 0 Å². The van der Waals surface area contributed by atoms with Gasteiger partial charge in [0.15, 0.2) is 0 Å². The number of aromatic nitrogens is 1. The molecule has 3 N–H and O–H groups in total. The first-order valence-electron chi connectivity index (χ1n) is 5.31. The van der Waals surface area contributed by atoms with Crippen LogP contribution < -0.4 is 11.1 Å². The fourth-order valence-corrected chi connectivity index (χ4v) is 1.51. The predicted molar refractivity (Wildman–Crippen MR) is 66.0 cm³/mol. The maximum atomic E-state index is 11.6. The highest BCUT2D eigenvalue weighted by molar-refractivity contribution is 5.96. The highest BCUT2D eigenvalue weighted by Gasteiger charge is 2.12. The SMILES string of the molecule is COC(=O)c1cc(N)ccc1NCc1ccon1. The van der Waals surface area contributed by atoms with Gasteiger partial charge in [-0.2, -0.15) is 0 Å². The third-order valence-corrected chi connectivity index (χ3v) is 2.40. The van der Waals surface area contributed by atoms with E-state index < -0.39 is 5.97 Å². The summed E-state index contributed by atoms with van der Waals surface area (Å²) in [5.74, 6) is -0.440. The van der Waals surface area contributed by atoms with Crippen molar-refractivity contribution in [2.75, 3.05) is 18.2 Å². The van der Waals surface area contributed by atoms with Crippen molar-refractivity contribution in [2.24, 2.45) is 0 Å². The van der Waals surface area contributed by atoms with Gasteiger partial charge in [-0.1, -0.05) is 5.16 Å². The van der Waals surface area contributed by atoms with Gasteiger partial charge in [-0.3, -0.25) is 0 Å². The fraction of sp³-hybridized carbons (Fsp3) is 0.167. The maximum Gasteiger partial charge on any atom is 0.340 e. The van der Waals surface area contributed by atoms with E-state index in [1.165, 1.54) is 13.4 Å². The molecular weight excluding hydrogens is 234 g/mol. The molecule has 1 heterocycles. The Balaban J connectivity index is 2.18. The fourth-order valence-electron chi connectivity index (χ4n) is 1.51. The number of nitrogens with two attached hydrogens (primary N) is 1. The van der Waals surface area contributed by atoms with E-state index >= 15 is 0 Å². The molecule has 2 aromatic rings. The molecule has 0 aliphatic heterocycles. The van der Waals surface area contributed by atoms with Crippen LogP contribution in [0.15, 0.2) is 35.1 Å². The molecular formula is C12H13N3O3. The van der Waals surface area contributed by atoms with E-state index in [2.05, 4.69) is 10.5 Å². The van der Waals surface area contributed by atoms with Crippen LogP contribution in [-0.2, 0) is 11.3 Å². The summed E-state index contributed by atoms with van der Waals surface area (Å²) in [4.78, 5) is 11.6. The number of anilines is 2. The van der Waals surface area contributed by atoms with E-state index in [-0.39, 0.29) is 0 Å². The first-order chi connectivity index (χ1) is 8.70. The second-order valence-electron chi connectivity index (χ2n) is 3.64. The Morgan fingerprint density at radius 2 is 2.33 bits per heavy atom. The van der Waals surface area contributed by atoms with Gasteiger partial charge in [0.2, 0.25) is 0 Å². The summed E-state index contributed by atoms with van der Waals surface area (Å²) in [6, 6.07) is 6.73. The van der Waals surface area contributed by atoms with E-state index in [9.17, 15) is 4.79 Å². The molecule has 6 heteroatoms. The first kappa shape index (κ1) is 12.0. The van der Waals surface area contributed by atoms with Crippen molar-refractivity contribution in [3.8, 4) is 0 Å². The van der Waals surface area contributed by atoms with Crippen molar-refractivity contribution in [2.45, 2.75) is 6.54 Å². The molecule has 6 nitrogen and oxygen atoms in total. The number of carbonyl (C=O) groups is 1. The summed E-state index contributed by atoms with van der Waals surface area (Å²) in [7, 11) is 1.33. The molecule has 0 amide bonds. The van der Waals surface area contributed by atoms with Gasteiger partial charge < -0.3 is 20.3 Å². The monoisotopic (exact) mass is 247 g/mol. The molecule has 0 atom stereocenters. The first-order valence-corrected chi connectivity index (χ1v) is 5.31. The van der Waals surface area contributed by atoms with Gasteiger partial charge in [-0.25, -0.2) is 4.79 Å². The highest BCUT2D eigenvalue weighted by Crippen LogP contribution is 2.20. The molecule has 0 aliphatic carbocycles. The minimum Gasteiger partial charge on any atom is -0.465 e. The van der Waals surface area contributed by atoms with Crippen LogP contribution in [0.4, 0.5) is 11.4 Å². The summed E-state index contributed by atoms with van der Waals surface area (Å²) in [5.41, 5.74) is 7.92. The van der Waals surface area contributed by atoms with Gasteiger partial charge in [0.25, 0.3) is 0 Å². The van der Waals surface area contributed by atoms with Gasteiger partial charge in [0.05, 0.1) is 19.2 Å². The minimum atomic E-state index is -0.440. The average molecular weight is 247 g/mol. The Morgan fingerprint density at radius 1 is 1.50 bits per heavy atom. The van der Waals surface area contributed by atoms with Crippen LogP contribution in [0.2, 0.25) is 0 Å². The molecule has 0 fully saturated rings. The number of methoxy groups -OCH3 is 1. The van der Waals surface area contributed by atoms with Crippen LogP contribution in [-0.4, -0.2) is 18.2 Å². The summed E-state index contributed by atoms with van der Waals surface area (Å²) in [6.07, 6.45) is 1.49. The summed E-state index contributed by atoms with van der Waals surface area (Å²) in [5, 5.41) is 6.84. The average Bonchev–Trinajstić information content (AvgIpc) is 2.89. The number of esters is 1. The lowest BCUT2D eigenvalue weighted by molar-refractivity contribution is 0.0602. The van der Waals surface area contributed by atoms with E-state index in [0.717, 1.165) is 5.69 Å². The van der Waals surface area contributed by atoms with Gasteiger partial charge in [-0.05, 0) is 18.2 Å². The Hall–Kier alpha value is -2.50. The summed E-state index contributed by atoms with van der Waals surface area (Å²) < 4.78 is 9.42. The molecule has 0 aliphatic rings. The number of hydrogen-bond acceptors (Lipinski definition) is 6. The number of carbonyl (C=O) groups excluding carboxylic acids is 1. The number of nitrogens with zero attached hydrogens (tertiary/aromatic N) is 1. The zero-order chi connectivity index (χ0) is 13.0. The number of hydrogen-bond donors (Lipinski definition) is 2. The van der Waals surface area contributed by atoms with E-state index in [1.54, 1.807) is 24.3 Å². The van der Waals surface area contributed by atoms with Crippen molar-refractivity contribution >= 4 is 17.3 Å². The van der Waals surface area contributed by atoms with Gasteiger partial charge in [0, 0.05) is 17.4 Å². The van der Waals surface area contributed by atoms with Crippen molar-refractivity contribution in [3.63, 3.8) is 0 Å². The van der Waals surface area contributed by atoms with E-state index in [1.807, 2.05) is 0 Å².